The van der Waals surface area contributed by atoms with E-state index in [1.165, 1.54) is 18.2 Å². The number of hydrogen-bond donors (Lipinski definition) is 2. The lowest BCUT2D eigenvalue weighted by atomic mass is 10.1. The number of anilines is 1. The summed E-state index contributed by atoms with van der Waals surface area (Å²) in [7, 11) is 0. The van der Waals surface area contributed by atoms with Gasteiger partial charge in [0.25, 0.3) is 5.91 Å². The maximum Gasteiger partial charge on any atom is 0.387 e. The molecule has 27 heavy (non-hydrogen) atoms. The van der Waals surface area contributed by atoms with E-state index in [4.69, 9.17) is 10.5 Å². The Bertz CT molecular complexity index is 795. The maximum atomic E-state index is 12.1. The van der Waals surface area contributed by atoms with Crippen molar-refractivity contribution in [2.75, 3.05) is 18.9 Å². The first-order valence-electron chi connectivity index (χ1n) is 8.19. The zero-order chi connectivity index (χ0) is 19.8. The Morgan fingerprint density at radius 1 is 1.15 bits per heavy atom. The number of nitrogens with one attached hydrogen (secondary N) is 1. The number of benzene rings is 2. The van der Waals surface area contributed by atoms with Crippen LogP contribution in [0.2, 0.25) is 0 Å². The predicted octanol–water partition coefficient (Wildman–Crippen LogP) is 2.69. The van der Waals surface area contributed by atoms with Crippen LogP contribution in [-0.2, 0) is 16.0 Å². The van der Waals surface area contributed by atoms with Crippen LogP contribution in [0.1, 0.15) is 21.5 Å². The number of nitrogen functional groups attached to an aromatic ring is 1. The summed E-state index contributed by atoms with van der Waals surface area (Å²) in [6, 6.07) is 10.9. The van der Waals surface area contributed by atoms with Crippen molar-refractivity contribution in [1.82, 2.24) is 5.32 Å². The van der Waals surface area contributed by atoms with Gasteiger partial charge in [-0.3, -0.25) is 4.79 Å². The molecule has 0 fully saturated rings. The van der Waals surface area contributed by atoms with Gasteiger partial charge in [-0.2, -0.15) is 8.78 Å². The Hall–Kier alpha value is -3.16. The van der Waals surface area contributed by atoms with Gasteiger partial charge in [0.05, 0.1) is 5.56 Å². The molecule has 0 radical (unpaired) electrons. The minimum atomic E-state index is -2.87. The van der Waals surface area contributed by atoms with Crippen molar-refractivity contribution in [1.29, 1.82) is 0 Å². The van der Waals surface area contributed by atoms with Crippen molar-refractivity contribution in [3.8, 4) is 5.75 Å². The third-order valence-corrected chi connectivity index (χ3v) is 3.73. The van der Waals surface area contributed by atoms with Crippen LogP contribution < -0.4 is 15.8 Å². The minimum absolute atomic E-state index is 0.0708. The Morgan fingerprint density at radius 3 is 2.48 bits per heavy atom. The molecule has 0 saturated carbocycles. The number of alkyl halides is 2. The van der Waals surface area contributed by atoms with Gasteiger partial charge in [-0.15, -0.1) is 0 Å². The highest BCUT2D eigenvalue weighted by molar-refractivity contribution is 5.92. The number of aryl methyl sites for hydroxylation is 1. The second-order valence-electron chi connectivity index (χ2n) is 5.77. The first-order valence-corrected chi connectivity index (χ1v) is 8.19. The SMILES string of the molecule is Cc1ccc(C(=O)OCC(=O)NCCc2ccc(OC(F)F)cc2)cc1N. The number of esters is 1. The van der Waals surface area contributed by atoms with Gasteiger partial charge < -0.3 is 20.5 Å². The molecule has 0 heterocycles. The van der Waals surface area contributed by atoms with Crippen molar-refractivity contribution >= 4 is 17.6 Å². The van der Waals surface area contributed by atoms with Gasteiger partial charge in [0.15, 0.2) is 6.61 Å². The van der Waals surface area contributed by atoms with Gasteiger partial charge in [0.1, 0.15) is 5.75 Å². The lowest BCUT2D eigenvalue weighted by Gasteiger charge is -2.08. The molecular formula is C19H20F2N2O4. The summed E-state index contributed by atoms with van der Waals surface area (Å²) < 4.78 is 33.4. The van der Waals surface area contributed by atoms with Crippen LogP contribution in [0, 0.1) is 6.92 Å². The molecule has 0 aliphatic carbocycles. The number of halogens is 2. The molecule has 3 N–H and O–H groups in total. The normalized spacial score (nSPS) is 10.5. The van der Waals surface area contributed by atoms with E-state index in [9.17, 15) is 18.4 Å². The van der Waals surface area contributed by atoms with Crippen LogP contribution in [0.25, 0.3) is 0 Å². The number of ether oxygens (including phenoxy) is 2. The summed E-state index contributed by atoms with van der Waals surface area (Å²) in [6.45, 7) is -1.15. The summed E-state index contributed by atoms with van der Waals surface area (Å²) >= 11 is 0. The number of hydrogen-bond acceptors (Lipinski definition) is 5. The predicted molar refractivity (Wildman–Crippen MR) is 95.7 cm³/mol. The molecule has 2 aromatic carbocycles. The molecule has 0 atom stereocenters. The van der Waals surface area contributed by atoms with Crippen molar-refractivity contribution in [2.24, 2.45) is 0 Å². The fourth-order valence-corrected chi connectivity index (χ4v) is 2.22. The Balaban J connectivity index is 1.71. The molecule has 0 aromatic heterocycles. The standard InChI is InChI=1S/C19H20F2N2O4/c1-12-2-5-14(10-16(12)22)18(25)26-11-17(24)23-9-8-13-3-6-15(7-4-13)27-19(20)21/h2-7,10,19H,8-9,11,22H2,1H3,(H,23,24). The Morgan fingerprint density at radius 2 is 1.85 bits per heavy atom. The average Bonchev–Trinajstić information content (AvgIpc) is 2.63. The molecule has 2 aromatic rings. The van der Waals surface area contributed by atoms with Crippen LogP contribution in [-0.4, -0.2) is 31.6 Å². The van der Waals surface area contributed by atoms with Crippen LogP contribution in [0.3, 0.4) is 0 Å². The molecule has 144 valence electrons. The summed E-state index contributed by atoms with van der Waals surface area (Å²) in [6.07, 6.45) is 0.489. The first-order chi connectivity index (χ1) is 12.8. The van der Waals surface area contributed by atoms with E-state index in [1.807, 2.05) is 6.92 Å². The number of carbonyl (C=O) groups is 2. The Labute approximate surface area is 155 Å². The lowest BCUT2D eigenvalue weighted by molar-refractivity contribution is -0.124. The van der Waals surface area contributed by atoms with E-state index in [0.717, 1.165) is 11.1 Å². The molecule has 0 bridgehead atoms. The van der Waals surface area contributed by atoms with Gasteiger partial charge in [-0.1, -0.05) is 18.2 Å². The molecule has 6 nitrogen and oxygen atoms in total. The first kappa shape index (κ1) is 20.2. The molecule has 0 aliphatic heterocycles. The van der Waals surface area contributed by atoms with Crippen molar-refractivity contribution in [3.63, 3.8) is 0 Å². The maximum absolute atomic E-state index is 12.1. The molecule has 0 aliphatic rings. The third-order valence-electron chi connectivity index (χ3n) is 3.73. The van der Waals surface area contributed by atoms with Crippen molar-refractivity contribution < 1.29 is 27.8 Å². The quantitative estimate of drug-likeness (QED) is 0.544. The van der Waals surface area contributed by atoms with E-state index >= 15 is 0 Å². The van der Waals surface area contributed by atoms with Gasteiger partial charge in [0.2, 0.25) is 0 Å². The van der Waals surface area contributed by atoms with E-state index < -0.39 is 25.1 Å². The summed E-state index contributed by atoms with van der Waals surface area (Å²) in [5.74, 6) is -1.01. The van der Waals surface area contributed by atoms with Gasteiger partial charge in [0, 0.05) is 12.2 Å². The third kappa shape index (κ3) is 6.58. The zero-order valence-corrected chi connectivity index (χ0v) is 14.7. The molecule has 1 amide bonds. The Kier molecular flexibility index (Phi) is 7.10. The highest BCUT2D eigenvalue weighted by Gasteiger charge is 2.11. The number of amides is 1. The summed E-state index contributed by atoms with van der Waals surface area (Å²) in [5, 5.41) is 2.61. The smallest absolute Gasteiger partial charge is 0.387 e. The second kappa shape index (κ2) is 9.51. The fraction of sp³-hybridized carbons (Fsp3) is 0.263. The molecular weight excluding hydrogens is 358 g/mol. The van der Waals surface area contributed by atoms with Crippen molar-refractivity contribution in [3.05, 3.63) is 59.2 Å². The van der Waals surface area contributed by atoms with E-state index in [1.54, 1.807) is 24.3 Å². The fourth-order valence-electron chi connectivity index (χ4n) is 2.22. The van der Waals surface area contributed by atoms with E-state index in [2.05, 4.69) is 10.1 Å². The van der Waals surface area contributed by atoms with Crippen LogP contribution in [0.5, 0.6) is 5.75 Å². The topological polar surface area (TPSA) is 90.7 Å². The molecule has 0 spiro atoms. The lowest BCUT2D eigenvalue weighted by Crippen LogP contribution is -2.30. The van der Waals surface area contributed by atoms with E-state index in [-0.39, 0.29) is 11.3 Å². The van der Waals surface area contributed by atoms with Crippen LogP contribution in [0.15, 0.2) is 42.5 Å². The highest BCUT2D eigenvalue weighted by Crippen LogP contribution is 2.15. The zero-order valence-electron chi connectivity index (χ0n) is 14.7. The monoisotopic (exact) mass is 378 g/mol. The molecule has 2 rings (SSSR count). The van der Waals surface area contributed by atoms with E-state index in [0.29, 0.717) is 18.7 Å². The molecule has 0 saturated heterocycles. The van der Waals surface area contributed by atoms with Crippen molar-refractivity contribution in [2.45, 2.75) is 20.0 Å². The molecule has 0 unspecified atom stereocenters. The summed E-state index contributed by atoms with van der Waals surface area (Å²) in [4.78, 5) is 23.6. The number of rotatable bonds is 8. The van der Waals surface area contributed by atoms with Gasteiger partial charge in [-0.25, -0.2) is 4.79 Å². The van der Waals surface area contributed by atoms with Gasteiger partial charge >= 0.3 is 12.6 Å². The minimum Gasteiger partial charge on any atom is -0.452 e. The molecule has 8 heteroatoms. The number of nitrogens with two attached hydrogens (primary N) is 1. The highest BCUT2D eigenvalue weighted by atomic mass is 19.3. The largest absolute Gasteiger partial charge is 0.452 e. The second-order valence-corrected chi connectivity index (χ2v) is 5.77. The van der Waals surface area contributed by atoms with Crippen LogP contribution in [0.4, 0.5) is 14.5 Å². The van der Waals surface area contributed by atoms with Crippen LogP contribution >= 0.6 is 0 Å². The average molecular weight is 378 g/mol. The van der Waals surface area contributed by atoms with Gasteiger partial charge in [-0.05, 0) is 48.7 Å². The summed E-state index contributed by atoms with van der Waals surface area (Å²) in [5.41, 5.74) is 8.17. The number of carbonyl (C=O) groups excluding carboxylic acids is 2.